The van der Waals surface area contributed by atoms with Gasteiger partial charge in [-0.2, -0.15) is 0 Å². The number of carbonyl (C=O) groups excluding carboxylic acids is 1. The Bertz CT molecular complexity index is 890. The van der Waals surface area contributed by atoms with E-state index in [2.05, 4.69) is 27.7 Å². The molecule has 0 radical (unpaired) electrons. The third-order valence-corrected chi connectivity index (χ3v) is 5.49. The van der Waals surface area contributed by atoms with Crippen molar-refractivity contribution in [2.24, 2.45) is 5.14 Å². The van der Waals surface area contributed by atoms with Crippen LogP contribution in [-0.4, -0.2) is 33.5 Å². The molecule has 1 aliphatic heterocycles. The van der Waals surface area contributed by atoms with E-state index in [4.69, 9.17) is 5.14 Å². The summed E-state index contributed by atoms with van der Waals surface area (Å²) >= 11 is 0. The maximum Gasteiger partial charge on any atom is 0.246 e. The van der Waals surface area contributed by atoms with E-state index in [9.17, 15) is 13.2 Å². The Balaban J connectivity index is 1.57. The largest absolute Gasteiger partial charge is 0.374 e. The van der Waals surface area contributed by atoms with Gasteiger partial charge in [-0.1, -0.05) is 0 Å². The lowest BCUT2D eigenvalue weighted by atomic mass is 10.2. The van der Waals surface area contributed by atoms with Crippen LogP contribution in [-0.2, 0) is 14.8 Å². The summed E-state index contributed by atoms with van der Waals surface area (Å²) in [7, 11) is -3.74. The Labute approximate surface area is 159 Å². The van der Waals surface area contributed by atoms with Crippen molar-refractivity contribution in [1.29, 1.82) is 0 Å². The summed E-state index contributed by atoms with van der Waals surface area (Å²) in [6.45, 7) is 3.95. The molecule has 2 aromatic carbocycles. The number of hydrogen-bond donors (Lipinski definition) is 3. The predicted octanol–water partition coefficient (Wildman–Crippen LogP) is 2.37. The van der Waals surface area contributed by atoms with Crippen LogP contribution in [0, 0.1) is 0 Å². The maximum atomic E-state index is 12.3. The molecular formula is C19H24N4O3S. The molecule has 0 saturated carbocycles. The van der Waals surface area contributed by atoms with E-state index in [0.29, 0.717) is 5.69 Å². The van der Waals surface area contributed by atoms with Gasteiger partial charge in [-0.3, -0.25) is 4.79 Å². The monoisotopic (exact) mass is 388 g/mol. The molecule has 7 nitrogen and oxygen atoms in total. The van der Waals surface area contributed by atoms with Crippen molar-refractivity contribution in [3.63, 3.8) is 0 Å². The summed E-state index contributed by atoms with van der Waals surface area (Å²) in [6.07, 6.45) is 2.46. The van der Waals surface area contributed by atoms with Gasteiger partial charge in [-0.25, -0.2) is 13.6 Å². The van der Waals surface area contributed by atoms with E-state index in [1.165, 1.54) is 42.8 Å². The Morgan fingerprint density at radius 2 is 1.56 bits per heavy atom. The van der Waals surface area contributed by atoms with Crippen molar-refractivity contribution >= 4 is 33.0 Å². The van der Waals surface area contributed by atoms with Crippen LogP contribution >= 0.6 is 0 Å². The first-order valence-electron chi connectivity index (χ1n) is 8.88. The number of anilines is 3. The van der Waals surface area contributed by atoms with Crippen LogP contribution in [0.1, 0.15) is 19.8 Å². The topological polar surface area (TPSA) is 105 Å². The van der Waals surface area contributed by atoms with Gasteiger partial charge in [0.15, 0.2) is 0 Å². The summed E-state index contributed by atoms with van der Waals surface area (Å²) < 4.78 is 22.5. The minimum atomic E-state index is -3.74. The Morgan fingerprint density at radius 3 is 2.11 bits per heavy atom. The normalized spacial score (nSPS) is 15.4. The third kappa shape index (κ3) is 4.99. The van der Waals surface area contributed by atoms with Gasteiger partial charge >= 0.3 is 0 Å². The van der Waals surface area contributed by atoms with Gasteiger partial charge in [0.1, 0.15) is 6.04 Å². The van der Waals surface area contributed by atoms with E-state index < -0.39 is 16.1 Å². The number of nitrogens with one attached hydrogen (secondary N) is 2. The predicted molar refractivity (Wildman–Crippen MR) is 107 cm³/mol. The number of nitrogens with zero attached hydrogens (tertiary/aromatic N) is 1. The highest BCUT2D eigenvalue weighted by molar-refractivity contribution is 7.89. The van der Waals surface area contributed by atoms with Crippen molar-refractivity contribution in [2.75, 3.05) is 28.6 Å². The number of sulfonamides is 1. The maximum absolute atomic E-state index is 12.3. The molecule has 27 heavy (non-hydrogen) atoms. The Morgan fingerprint density at radius 1 is 1.00 bits per heavy atom. The SMILES string of the molecule is C[C@@H](Nc1ccc(N2CCCC2)cc1)C(=O)Nc1ccc(S(N)(=O)=O)cc1. The van der Waals surface area contributed by atoms with Gasteiger partial charge in [-0.05, 0) is 68.3 Å². The molecule has 144 valence electrons. The standard InChI is InChI=1S/C19H24N4O3S/c1-14(19(24)22-16-6-10-18(11-7-16)27(20,25)26)21-15-4-8-17(9-5-15)23-12-2-3-13-23/h4-11,14,21H,2-3,12-13H2,1H3,(H,22,24)(H2,20,25,26)/t14-/m1/s1. The van der Waals surface area contributed by atoms with Crippen LogP contribution in [0.2, 0.25) is 0 Å². The number of rotatable bonds is 6. The van der Waals surface area contributed by atoms with Crippen molar-refractivity contribution in [3.8, 4) is 0 Å². The van der Waals surface area contributed by atoms with Gasteiger partial charge < -0.3 is 15.5 Å². The average molecular weight is 388 g/mol. The molecule has 3 rings (SSSR count). The van der Waals surface area contributed by atoms with Crippen LogP contribution in [0.5, 0.6) is 0 Å². The summed E-state index contributed by atoms with van der Waals surface area (Å²) in [4.78, 5) is 14.7. The van der Waals surface area contributed by atoms with Gasteiger partial charge in [-0.15, -0.1) is 0 Å². The summed E-state index contributed by atoms with van der Waals surface area (Å²) in [5, 5.41) is 11.0. The molecule has 1 heterocycles. The Hall–Kier alpha value is -2.58. The zero-order valence-electron chi connectivity index (χ0n) is 15.2. The number of primary sulfonamides is 1. The molecule has 1 fully saturated rings. The van der Waals surface area contributed by atoms with Crippen molar-refractivity contribution in [2.45, 2.75) is 30.7 Å². The zero-order chi connectivity index (χ0) is 19.4. The van der Waals surface area contributed by atoms with Crippen LogP contribution < -0.4 is 20.7 Å². The lowest BCUT2D eigenvalue weighted by Crippen LogP contribution is -2.31. The van der Waals surface area contributed by atoms with Gasteiger partial charge in [0.05, 0.1) is 4.90 Å². The molecule has 0 aromatic heterocycles. The average Bonchev–Trinajstić information content (AvgIpc) is 3.16. The molecule has 0 aliphatic carbocycles. The van der Waals surface area contributed by atoms with Gasteiger partial charge in [0.25, 0.3) is 0 Å². The molecule has 8 heteroatoms. The second-order valence-electron chi connectivity index (χ2n) is 6.67. The molecule has 1 amide bonds. The first-order valence-corrected chi connectivity index (χ1v) is 10.4. The molecule has 0 spiro atoms. The third-order valence-electron chi connectivity index (χ3n) is 4.57. The van der Waals surface area contributed by atoms with Gasteiger partial charge in [0.2, 0.25) is 15.9 Å². The molecule has 1 saturated heterocycles. The minimum absolute atomic E-state index is 0.00441. The van der Waals surface area contributed by atoms with E-state index in [1.807, 2.05) is 12.1 Å². The van der Waals surface area contributed by atoms with E-state index in [-0.39, 0.29) is 10.8 Å². The van der Waals surface area contributed by atoms with Crippen LogP contribution in [0.25, 0.3) is 0 Å². The number of hydrogen-bond acceptors (Lipinski definition) is 5. The van der Waals surface area contributed by atoms with E-state index in [0.717, 1.165) is 18.8 Å². The number of nitrogens with two attached hydrogens (primary N) is 1. The first kappa shape index (κ1) is 19.2. The number of benzene rings is 2. The molecule has 4 N–H and O–H groups in total. The molecule has 0 unspecified atom stereocenters. The number of amides is 1. The highest BCUT2D eigenvalue weighted by Crippen LogP contribution is 2.22. The van der Waals surface area contributed by atoms with Crippen molar-refractivity contribution < 1.29 is 13.2 Å². The lowest BCUT2D eigenvalue weighted by Gasteiger charge is -2.19. The fraction of sp³-hybridized carbons (Fsp3) is 0.316. The fourth-order valence-electron chi connectivity index (χ4n) is 3.04. The minimum Gasteiger partial charge on any atom is -0.374 e. The molecular weight excluding hydrogens is 364 g/mol. The zero-order valence-corrected chi connectivity index (χ0v) is 16.0. The smallest absolute Gasteiger partial charge is 0.246 e. The second kappa shape index (κ2) is 7.98. The Kier molecular flexibility index (Phi) is 5.67. The quantitative estimate of drug-likeness (QED) is 0.705. The van der Waals surface area contributed by atoms with E-state index in [1.54, 1.807) is 6.92 Å². The molecule has 1 aliphatic rings. The van der Waals surface area contributed by atoms with Crippen LogP contribution in [0.4, 0.5) is 17.1 Å². The molecule has 2 aromatic rings. The van der Waals surface area contributed by atoms with E-state index >= 15 is 0 Å². The summed E-state index contributed by atoms with van der Waals surface area (Å²) in [5.74, 6) is -0.220. The van der Waals surface area contributed by atoms with Crippen molar-refractivity contribution in [3.05, 3.63) is 48.5 Å². The highest BCUT2D eigenvalue weighted by atomic mass is 32.2. The molecule has 1 atom stereocenters. The number of carbonyl (C=O) groups is 1. The first-order chi connectivity index (χ1) is 12.8. The fourth-order valence-corrected chi connectivity index (χ4v) is 3.55. The van der Waals surface area contributed by atoms with Crippen molar-refractivity contribution in [1.82, 2.24) is 0 Å². The van der Waals surface area contributed by atoms with Crippen LogP contribution in [0.15, 0.2) is 53.4 Å². The van der Waals surface area contributed by atoms with Crippen LogP contribution in [0.3, 0.4) is 0 Å². The molecule has 0 bridgehead atoms. The second-order valence-corrected chi connectivity index (χ2v) is 8.23. The van der Waals surface area contributed by atoms with Gasteiger partial charge in [0, 0.05) is 30.2 Å². The summed E-state index contributed by atoms with van der Waals surface area (Å²) in [5.41, 5.74) is 2.57. The lowest BCUT2D eigenvalue weighted by molar-refractivity contribution is -0.116. The summed E-state index contributed by atoms with van der Waals surface area (Å²) in [6, 6.07) is 13.3. The highest BCUT2D eigenvalue weighted by Gasteiger charge is 2.15.